The van der Waals surface area contributed by atoms with Crippen molar-refractivity contribution in [2.75, 3.05) is 49.1 Å². The van der Waals surface area contributed by atoms with Crippen molar-refractivity contribution in [1.82, 2.24) is 4.57 Å². The number of unbranched alkanes of at least 4 members (excludes halogenated alkanes) is 2. The minimum Gasteiger partial charge on any atom is -1.00 e. The van der Waals surface area contributed by atoms with Crippen LogP contribution in [0.4, 0.5) is 23.0 Å². The fourth-order valence-electron chi connectivity index (χ4n) is 4.18. The van der Waals surface area contributed by atoms with Crippen LogP contribution in [0, 0.1) is 0 Å². The van der Waals surface area contributed by atoms with E-state index in [0.29, 0.717) is 0 Å². The minimum atomic E-state index is 0. The number of quaternary nitrogens is 2. The lowest BCUT2D eigenvalue weighted by Gasteiger charge is -2.38. The number of likely N-dealkylation sites (N-methyl/N-ethyl adjacent to an activating group) is 2. The van der Waals surface area contributed by atoms with E-state index < -0.39 is 0 Å². The smallest absolute Gasteiger partial charge is 0.421 e. The Kier molecular flexibility index (Phi) is 16.4. The summed E-state index contributed by atoms with van der Waals surface area (Å²) in [5.41, 5.74) is 11.4. The third-order valence-electron chi connectivity index (χ3n) is 6.04. The Morgan fingerprint density at radius 3 is 2.18 bits per heavy atom. The number of imidazole rings is 1. The number of hydrogen-bond donors (Lipinski definition) is 2. The minimum absolute atomic E-state index is 0. The molecule has 1 aromatic carbocycles. The van der Waals surface area contributed by atoms with Crippen LogP contribution in [0.1, 0.15) is 39.5 Å². The quantitative estimate of drug-likeness (QED) is 0.148. The summed E-state index contributed by atoms with van der Waals surface area (Å²) in [6.07, 6.45) is 8.73. The molecule has 0 fully saturated rings. The van der Waals surface area contributed by atoms with Gasteiger partial charge in [-0.15, -0.1) is 0 Å². The van der Waals surface area contributed by atoms with Gasteiger partial charge in [0, 0.05) is 31.3 Å². The first-order chi connectivity index (χ1) is 15.2. The van der Waals surface area contributed by atoms with Crippen LogP contribution < -0.4 is 67.6 Å². The number of rotatable bonds is 12. The molecule has 1 aliphatic heterocycles. The van der Waals surface area contributed by atoms with Gasteiger partial charge in [-0.1, -0.05) is 5.11 Å². The van der Waals surface area contributed by atoms with Gasteiger partial charge >= 0.3 is 5.95 Å². The van der Waals surface area contributed by atoms with Gasteiger partial charge < -0.3 is 63.1 Å². The summed E-state index contributed by atoms with van der Waals surface area (Å²) in [7, 11) is 0. The van der Waals surface area contributed by atoms with Crippen molar-refractivity contribution in [2.24, 2.45) is 10.2 Å². The van der Waals surface area contributed by atoms with Crippen molar-refractivity contribution in [3.63, 3.8) is 0 Å². The molecule has 0 spiro atoms. The molecular weight excluding hydrogens is 539 g/mol. The largest absolute Gasteiger partial charge is 1.00 e. The summed E-state index contributed by atoms with van der Waals surface area (Å²) < 4.78 is 4.44. The predicted octanol–water partition coefficient (Wildman–Crippen LogP) is -7.09. The number of fused-ring (bicyclic) bond motifs is 1. The van der Waals surface area contributed by atoms with Crippen LogP contribution in [0.25, 0.3) is 0 Å². The van der Waals surface area contributed by atoms with Gasteiger partial charge in [0.15, 0.2) is 0 Å². The molecule has 0 radical (unpaired) electrons. The molecule has 3 rings (SSSR count). The Morgan fingerprint density at radius 2 is 1.53 bits per heavy atom. The summed E-state index contributed by atoms with van der Waals surface area (Å²) in [5, 5.41) is 9.39. The Hall–Kier alpha value is -1.39. The summed E-state index contributed by atoms with van der Waals surface area (Å²) in [5.74, 6) is 0.924. The fourth-order valence-corrected chi connectivity index (χ4v) is 4.18. The van der Waals surface area contributed by atoms with E-state index in [-0.39, 0.29) is 41.8 Å². The molecule has 0 saturated carbocycles. The average molecular weight is 580 g/mol. The summed E-state index contributed by atoms with van der Waals surface area (Å²) in [6, 6.07) is 6.48. The molecule has 0 amide bonds. The Labute approximate surface area is 227 Å². The van der Waals surface area contributed by atoms with Crippen LogP contribution in [0.5, 0.6) is 0 Å². The van der Waals surface area contributed by atoms with Gasteiger partial charge in [0.2, 0.25) is 0 Å². The molecule has 2 aromatic rings. The molecule has 8 nitrogen and oxygen atoms in total. The summed E-state index contributed by atoms with van der Waals surface area (Å²) in [6.45, 7) is 12.4. The van der Waals surface area contributed by atoms with Gasteiger partial charge in [0.05, 0.1) is 49.9 Å². The van der Waals surface area contributed by atoms with Crippen molar-refractivity contribution in [1.29, 1.82) is 0 Å². The van der Waals surface area contributed by atoms with Crippen molar-refractivity contribution in [3.05, 3.63) is 30.6 Å². The van der Waals surface area contributed by atoms with Crippen molar-refractivity contribution in [3.8, 4) is 0 Å². The number of aryl methyl sites for hydroxylation is 2. The van der Waals surface area contributed by atoms with E-state index in [1.54, 1.807) is 0 Å². The van der Waals surface area contributed by atoms with Crippen molar-refractivity contribution < 1.29 is 57.8 Å². The molecule has 11 heteroatoms. The first kappa shape index (κ1) is 32.6. The maximum atomic E-state index is 4.72. The van der Waals surface area contributed by atoms with Crippen LogP contribution in [0.3, 0.4) is 0 Å². The second-order valence-electron chi connectivity index (χ2n) is 8.14. The van der Waals surface area contributed by atoms with E-state index in [9.17, 15) is 0 Å². The molecule has 0 atom stereocenters. The lowest BCUT2D eigenvalue weighted by atomic mass is 10.1. The van der Waals surface area contributed by atoms with Gasteiger partial charge in [-0.2, -0.15) is 0 Å². The topological polar surface area (TPSA) is 95.3 Å². The normalized spacial score (nSPS) is 12.7. The van der Waals surface area contributed by atoms with E-state index in [4.69, 9.17) is 5.11 Å². The summed E-state index contributed by atoms with van der Waals surface area (Å²) >= 11 is 0. The maximum absolute atomic E-state index is 4.72. The molecule has 0 bridgehead atoms. The fraction of sp³-hybridized carbons (Fsp3) is 0.609. The number of nitrogens with zero attached hydrogens (tertiary/aromatic N) is 6. The number of hydrogen-bond acceptors (Lipinski definition) is 4. The predicted molar refractivity (Wildman–Crippen MR) is 125 cm³/mol. The zero-order chi connectivity index (χ0) is 22.1. The number of anilines is 2. The SMILES string of the molecule is CCN1CCN(CC)c2cc(N=Nc3n(CCCC[NH3+])cc[n+]3CCCC[NH3+])ccc21.[Br-].[Cl-].[Cl-]. The van der Waals surface area contributed by atoms with E-state index in [2.05, 4.69) is 80.0 Å². The van der Waals surface area contributed by atoms with Crippen LogP contribution >= 0.6 is 0 Å². The van der Waals surface area contributed by atoms with E-state index >= 15 is 0 Å². The van der Waals surface area contributed by atoms with Crippen LogP contribution in [0.15, 0.2) is 40.8 Å². The third kappa shape index (κ3) is 8.37. The molecule has 34 heavy (non-hydrogen) atoms. The zero-order valence-electron chi connectivity index (χ0n) is 20.6. The Balaban J connectivity index is 0.00000363. The molecule has 2 heterocycles. The highest BCUT2D eigenvalue weighted by molar-refractivity contribution is 5.76. The van der Waals surface area contributed by atoms with Crippen molar-refractivity contribution >= 4 is 23.0 Å². The maximum Gasteiger partial charge on any atom is 0.421 e. The average Bonchev–Trinajstić information content (AvgIpc) is 3.18. The van der Waals surface area contributed by atoms with Crippen molar-refractivity contribution in [2.45, 2.75) is 52.6 Å². The molecule has 0 aliphatic carbocycles. The van der Waals surface area contributed by atoms with Crippen LogP contribution in [-0.4, -0.2) is 43.8 Å². The second-order valence-corrected chi connectivity index (χ2v) is 8.14. The molecule has 0 saturated heterocycles. The lowest BCUT2D eigenvalue weighted by Crippen LogP contribution is -3.00. The van der Waals surface area contributed by atoms with E-state index in [1.165, 1.54) is 11.4 Å². The second kappa shape index (κ2) is 17.1. The molecule has 194 valence electrons. The van der Waals surface area contributed by atoms with Gasteiger partial charge in [-0.3, -0.25) is 0 Å². The molecular formula is C23H41BrCl2N8. The highest BCUT2D eigenvalue weighted by Gasteiger charge is 2.22. The lowest BCUT2D eigenvalue weighted by molar-refractivity contribution is -0.684. The number of benzene rings is 1. The molecule has 1 aromatic heterocycles. The Bertz CT molecular complexity index is 834. The van der Waals surface area contributed by atoms with Crippen LogP contribution in [-0.2, 0) is 13.1 Å². The number of azo groups is 1. The van der Waals surface area contributed by atoms with E-state index in [1.807, 2.05) is 0 Å². The monoisotopic (exact) mass is 578 g/mol. The highest BCUT2D eigenvalue weighted by Crippen LogP contribution is 2.36. The Morgan fingerprint density at radius 1 is 0.882 bits per heavy atom. The highest BCUT2D eigenvalue weighted by atomic mass is 79.9. The van der Waals surface area contributed by atoms with E-state index in [0.717, 1.165) is 89.7 Å². The first-order valence-corrected chi connectivity index (χ1v) is 11.9. The van der Waals surface area contributed by atoms with Gasteiger partial charge in [-0.25, -0.2) is 9.13 Å². The number of halogens is 3. The van der Waals surface area contributed by atoms with Gasteiger partial charge in [0.1, 0.15) is 5.69 Å². The third-order valence-corrected chi connectivity index (χ3v) is 6.04. The van der Waals surface area contributed by atoms with Gasteiger partial charge in [0.25, 0.3) is 0 Å². The van der Waals surface area contributed by atoms with Crippen LogP contribution in [0.2, 0.25) is 0 Å². The van der Waals surface area contributed by atoms with Gasteiger partial charge in [-0.05, 0) is 57.7 Å². The molecule has 6 N–H and O–H groups in total. The molecule has 1 aliphatic rings. The number of aromatic nitrogens is 2. The summed E-state index contributed by atoms with van der Waals surface area (Å²) in [4.78, 5) is 4.87. The zero-order valence-corrected chi connectivity index (χ0v) is 23.7. The standard InChI is InChI=1S/C23H39N8.BrH.2ClH/c1-3-28-15-16-29(4-2)22-19-20(9-10-21(22)28)26-27-23-30(13-7-5-11-24)17-18-31(23)14-8-6-12-25;;;/h9-10,17-19H,3-8,11-16,24-25H2,1-2H3;3*1H/q+1;;;/p-1. The molecule has 0 unspecified atom stereocenters. The first-order valence-electron chi connectivity index (χ1n) is 11.9.